The number of thiol groups is 2. The van der Waals surface area contributed by atoms with E-state index in [-0.39, 0.29) is 0 Å². The van der Waals surface area contributed by atoms with Crippen LogP contribution in [0.5, 0.6) is 0 Å². The molecular formula is C8H6O4S2. The maximum absolute atomic E-state index is 10.9. The second kappa shape index (κ2) is 4.92. The van der Waals surface area contributed by atoms with Crippen LogP contribution in [0.1, 0.15) is 20.7 Å². The van der Waals surface area contributed by atoms with E-state index in [0.29, 0.717) is 11.1 Å². The zero-order valence-corrected chi connectivity index (χ0v) is 8.63. The van der Waals surface area contributed by atoms with Crippen molar-refractivity contribution in [2.45, 2.75) is 0 Å². The van der Waals surface area contributed by atoms with Gasteiger partial charge in [-0.3, -0.25) is 0 Å². The summed E-state index contributed by atoms with van der Waals surface area (Å²) in [6.07, 6.45) is 0. The first kappa shape index (κ1) is 10.9. The minimum Gasteiger partial charge on any atom is -0.391 e. The van der Waals surface area contributed by atoms with E-state index in [9.17, 15) is 9.59 Å². The molecule has 0 atom stereocenters. The van der Waals surface area contributed by atoms with Crippen LogP contribution in [0.4, 0.5) is 0 Å². The molecule has 1 aromatic carbocycles. The van der Waals surface area contributed by atoms with Crippen LogP contribution in [0.25, 0.3) is 0 Å². The molecule has 0 radical (unpaired) electrons. The molecule has 6 heteroatoms. The van der Waals surface area contributed by atoms with Crippen LogP contribution in [0, 0.1) is 0 Å². The maximum atomic E-state index is 10.9. The molecule has 0 bridgehead atoms. The molecule has 0 aromatic heterocycles. The molecule has 0 saturated carbocycles. The second-order valence-electron chi connectivity index (χ2n) is 2.33. The number of hydrogen-bond acceptors (Lipinski definition) is 6. The van der Waals surface area contributed by atoms with Crippen LogP contribution in [0.15, 0.2) is 24.3 Å². The van der Waals surface area contributed by atoms with Crippen molar-refractivity contribution in [1.29, 1.82) is 0 Å². The lowest BCUT2D eigenvalue weighted by molar-refractivity contribution is 0.0758. The molecule has 74 valence electrons. The standard InChI is InChI=1S/C8H6O4S2/c9-7(11-13)5-1-2-6(4-3-5)8(10)12-14/h1-4,13-14H. The summed E-state index contributed by atoms with van der Waals surface area (Å²) in [5.41, 5.74) is 0.603. The molecule has 0 heterocycles. The number of carbonyl (C=O) groups is 2. The molecule has 4 nitrogen and oxygen atoms in total. The van der Waals surface area contributed by atoms with E-state index in [1.54, 1.807) is 0 Å². The Bertz CT molecular complexity index is 312. The molecule has 0 N–H and O–H groups in total. The Morgan fingerprint density at radius 2 is 1.14 bits per heavy atom. The van der Waals surface area contributed by atoms with Gasteiger partial charge in [-0.2, -0.15) is 0 Å². The summed E-state index contributed by atoms with van der Waals surface area (Å²) in [6, 6.07) is 5.72. The summed E-state index contributed by atoms with van der Waals surface area (Å²) in [5.74, 6) is -1.17. The normalized spacial score (nSPS) is 9.29. The van der Waals surface area contributed by atoms with Gasteiger partial charge in [0.15, 0.2) is 0 Å². The Morgan fingerprint density at radius 1 is 0.857 bits per heavy atom. The lowest BCUT2D eigenvalue weighted by Gasteiger charge is -1.99. The minimum absolute atomic E-state index is 0.302. The molecule has 0 aliphatic rings. The first-order valence-corrected chi connectivity index (χ1v) is 4.23. The summed E-state index contributed by atoms with van der Waals surface area (Å²) in [5, 5.41) is 0. The molecule has 1 aromatic rings. The molecule has 14 heavy (non-hydrogen) atoms. The molecular weight excluding hydrogens is 224 g/mol. The molecule has 0 aliphatic carbocycles. The zero-order chi connectivity index (χ0) is 10.6. The van der Waals surface area contributed by atoms with Gasteiger partial charge in [-0.05, 0) is 24.3 Å². The fourth-order valence-electron chi connectivity index (χ4n) is 0.848. The summed E-state index contributed by atoms with van der Waals surface area (Å²) >= 11 is 6.72. The van der Waals surface area contributed by atoms with Crippen LogP contribution in [0.2, 0.25) is 0 Å². The van der Waals surface area contributed by atoms with E-state index in [1.165, 1.54) is 24.3 Å². The number of benzene rings is 1. The van der Waals surface area contributed by atoms with E-state index in [4.69, 9.17) is 0 Å². The van der Waals surface area contributed by atoms with Crippen LogP contribution >= 0.6 is 25.8 Å². The van der Waals surface area contributed by atoms with Gasteiger partial charge in [0.25, 0.3) is 0 Å². The van der Waals surface area contributed by atoms with Crippen molar-refractivity contribution >= 4 is 37.8 Å². The van der Waals surface area contributed by atoms with Crippen molar-refractivity contribution in [1.82, 2.24) is 0 Å². The Hall–Kier alpha value is -1.14. The van der Waals surface area contributed by atoms with Gasteiger partial charge in [-0.25, -0.2) is 9.59 Å². The number of carbonyl (C=O) groups excluding carboxylic acids is 2. The van der Waals surface area contributed by atoms with Crippen LogP contribution in [0.3, 0.4) is 0 Å². The fraction of sp³-hybridized carbons (Fsp3) is 0. The minimum atomic E-state index is -0.584. The highest BCUT2D eigenvalue weighted by molar-refractivity contribution is 7.75. The smallest absolute Gasteiger partial charge is 0.349 e. The van der Waals surface area contributed by atoms with Gasteiger partial charge in [-0.1, -0.05) is 0 Å². The predicted molar refractivity (Wildman–Crippen MR) is 55.2 cm³/mol. The van der Waals surface area contributed by atoms with Crippen LogP contribution in [-0.4, -0.2) is 11.9 Å². The van der Waals surface area contributed by atoms with E-state index >= 15 is 0 Å². The molecule has 0 unspecified atom stereocenters. The Kier molecular flexibility index (Phi) is 3.84. The molecule has 0 amide bonds. The van der Waals surface area contributed by atoms with Gasteiger partial charge in [0.05, 0.1) is 11.1 Å². The number of hydrogen-bond donors (Lipinski definition) is 2. The van der Waals surface area contributed by atoms with Crippen molar-refractivity contribution in [2.24, 2.45) is 0 Å². The molecule has 0 fully saturated rings. The van der Waals surface area contributed by atoms with Gasteiger partial charge < -0.3 is 8.37 Å². The SMILES string of the molecule is O=C(OS)c1ccc(C(=O)OS)cc1. The van der Waals surface area contributed by atoms with Gasteiger partial charge in [-0.15, -0.1) is 0 Å². The largest absolute Gasteiger partial charge is 0.391 e. The van der Waals surface area contributed by atoms with Crippen LogP contribution in [-0.2, 0) is 8.37 Å². The summed E-state index contributed by atoms with van der Waals surface area (Å²) in [7, 11) is 0. The molecule has 0 spiro atoms. The highest BCUT2D eigenvalue weighted by Crippen LogP contribution is 2.08. The Morgan fingerprint density at radius 3 is 1.36 bits per heavy atom. The van der Waals surface area contributed by atoms with E-state index in [0.717, 1.165) is 0 Å². The predicted octanol–water partition coefficient (Wildman–Crippen LogP) is 1.69. The topological polar surface area (TPSA) is 52.6 Å². The lowest BCUT2D eigenvalue weighted by Crippen LogP contribution is -2.01. The van der Waals surface area contributed by atoms with Gasteiger partial charge in [0.1, 0.15) is 0 Å². The van der Waals surface area contributed by atoms with Crippen molar-refractivity contribution in [3.8, 4) is 0 Å². The average molecular weight is 230 g/mol. The highest BCUT2D eigenvalue weighted by atomic mass is 32.1. The van der Waals surface area contributed by atoms with E-state index in [1.807, 2.05) is 0 Å². The molecule has 0 saturated heterocycles. The zero-order valence-electron chi connectivity index (χ0n) is 6.84. The average Bonchev–Trinajstić information content (AvgIpc) is 2.27. The van der Waals surface area contributed by atoms with Crippen molar-refractivity contribution < 1.29 is 18.0 Å². The van der Waals surface area contributed by atoms with Gasteiger partial charge in [0, 0.05) is 25.8 Å². The third-order valence-corrected chi connectivity index (χ3v) is 1.85. The van der Waals surface area contributed by atoms with Crippen molar-refractivity contribution in [2.75, 3.05) is 0 Å². The highest BCUT2D eigenvalue weighted by Gasteiger charge is 2.08. The van der Waals surface area contributed by atoms with Gasteiger partial charge in [0.2, 0.25) is 0 Å². The van der Waals surface area contributed by atoms with Crippen molar-refractivity contribution in [3.63, 3.8) is 0 Å². The molecule has 0 aliphatic heterocycles. The monoisotopic (exact) mass is 230 g/mol. The lowest BCUT2D eigenvalue weighted by atomic mass is 10.1. The van der Waals surface area contributed by atoms with E-state index in [2.05, 4.69) is 34.2 Å². The quantitative estimate of drug-likeness (QED) is 0.599. The van der Waals surface area contributed by atoms with Gasteiger partial charge >= 0.3 is 11.9 Å². The Balaban J connectivity index is 2.89. The summed E-state index contributed by atoms with van der Waals surface area (Å²) in [6.45, 7) is 0. The second-order valence-corrected chi connectivity index (χ2v) is 2.70. The molecule has 1 rings (SSSR count). The first-order chi connectivity index (χ1) is 6.69. The summed E-state index contributed by atoms with van der Waals surface area (Å²) in [4.78, 5) is 21.9. The third-order valence-electron chi connectivity index (χ3n) is 1.52. The first-order valence-electron chi connectivity index (χ1n) is 3.50. The van der Waals surface area contributed by atoms with Crippen molar-refractivity contribution in [3.05, 3.63) is 35.4 Å². The Labute approximate surface area is 91.4 Å². The third kappa shape index (κ3) is 2.43. The summed E-state index contributed by atoms with van der Waals surface area (Å²) < 4.78 is 8.37. The number of rotatable bonds is 2. The maximum Gasteiger partial charge on any atom is 0.349 e. The van der Waals surface area contributed by atoms with Crippen LogP contribution < -0.4 is 0 Å². The fourth-order valence-corrected chi connectivity index (χ4v) is 1.06. The van der Waals surface area contributed by atoms with E-state index < -0.39 is 11.9 Å².